The first kappa shape index (κ1) is 16.2. The summed E-state index contributed by atoms with van der Waals surface area (Å²) in [5.74, 6) is -0.133. The third kappa shape index (κ3) is 2.80. The van der Waals surface area contributed by atoms with E-state index in [-0.39, 0.29) is 22.2 Å². The minimum atomic E-state index is -3.03. The van der Waals surface area contributed by atoms with Crippen LogP contribution in [0.2, 0.25) is 0 Å². The summed E-state index contributed by atoms with van der Waals surface area (Å²) < 4.78 is 35.8. The van der Waals surface area contributed by atoms with E-state index in [9.17, 15) is 13.2 Å². The lowest BCUT2D eigenvalue weighted by atomic mass is 9.84. The molecule has 3 aliphatic heterocycles. The summed E-state index contributed by atoms with van der Waals surface area (Å²) in [4.78, 5) is 12.9. The Labute approximate surface area is 142 Å². The number of hydrogen-bond acceptors (Lipinski definition) is 5. The van der Waals surface area contributed by atoms with E-state index in [1.165, 1.54) is 0 Å². The molecule has 0 saturated carbocycles. The van der Waals surface area contributed by atoms with Crippen molar-refractivity contribution in [1.29, 1.82) is 0 Å². The lowest BCUT2D eigenvalue weighted by molar-refractivity contribution is -0.0441. The first-order chi connectivity index (χ1) is 11.6. The molecule has 1 aromatic rings. The number of ether oxygens (including phenoxy) is 2. The number of fused-ring (bicyclic) bond motifs is 2. The van der Waals surface area contributed by atoms with Gasteiger partial charge in [0.15, 0.2) is 21.9 Å². The Bertz CT molecular complexity index is 716. The SMILES string of the molecule is O=C(c1cccc(C2OCCO2)c1)C1CC2CCCC(C1)S2(=O)=O. The summed E-state index contributed by atoms with van der Waals surface area (Å²) in [6, 6.07) is 7.37. The first-order valence-electron chi connectivity index (χ1n) is 8.66. The van der Waals surface area contributed by atoms with Gasteiger partial charge in [0.2, 0.25) is 0 Å². The van der Waals surface area contributed by atoms with Crippen molar-refractivity contribution < 1.29 is 22.7 Å². The van der Waals surface area contributed by atoms with Gasteiger partial charge in [0, 0.05) is 17.0 Å². The van der Waals surface area contributed by atoms with Gasteiger partial charge in [-0.15, -0.1) is 0 Å². The van der Waals surface area contributed by atoms with Crippen LogP contribution in [0.3, 0.4) is 0 Å². The molecule has 0 aromatic heterocycles. The van der Waals surface area contributed by atoms with E-state index in [0.717, 1.165) is 12.0 Å². The monoisotopic (exact) mass is 350 g/mol. The fourth-order valence-electron chi connectivity index (χ4n) is 4.25. The lowest BCUT2D eigenvalue weighted by Gasteiger charge is -2.38. The Hall–Kier alpha value is -1.24. The molecule has 3 heterocycles. The molecule has 2 atom stereocenters. The van der Waals surface area contributed by atoms with Crippen LogP contribution in [0.15, 0.2) is 24.3 Å². The zero-order chi connectivity index (χ0) is 16.7. The van der Waals surface area contributed by atoms with Gasteiger partial charge in [0.1, 0.15) is 0 Å². The Morgan fingerprint density at radius 3 is 2.38 bits per heavy atom. The Morgan fingerprint density at radius 1 is 1.04 bits per heavy atom. The maximum Gasteiger partial charge on any atom is 0.184 e. The zero-order valence-corrected chi connectivity index (χ0v) is 14.3. The molecule has 1 aromatic carbocycles. The molecule has 2 unspecified atom stereocenters. The molecule has 24 heavy (non-hydrogen) atoms. The van der Waals surface area contributed by atoms with Gasteiger partial charge in [-0.25, -0.2) is 8.42 Å². The van der Waals surface area contributed by atoms with E-state index in [1.807, 2.05) is 18.2 Å². The van der Waals surface area contributed by atoms with Crippen LogP contribution in [0.4, 0.5) is 0 Å². The number of carbonyl (C=O) groups is 1. The summed E-state index contributed by atoms with van der Waals surface area (Å²) in [5.41, 5.74) is 1.48. The molecule has 2 bridgehead atoms. The van der Waals surface area contributed by atoms with Gasteiger partial charge in [0.25, 0.3) is 0 Å². The number of carbonyl (C=O) groups excluding carboxylic acids is 1. The van der Waals surface area contributed by atoms with Crippen LogP contribution in [0, 0.1) is 5.92 Å². The molecule has 0 N–H and O–H groups in total. The van der Waals surface area contributed by atoms with Gasteiger partial charge in [-0.1, -0.05) is 24.6 Å². The van der Waals surface area contributed by atoms with Crippen LogP contribution in [0.5, 0.6) is 0 Å². The van der Waals surface area contributed by atoms with Crippen LogP contribution in [-0.2, 0) is 19.3 Å². The smallest absolute Gasteiger partial charge is 0.184 e. The van der Waals surface area contributed by atoms with E-state index in [4.69, 9.17) is 9.47 Å². The first-order valence-corrected chi connectivity index (χ1v) is 10.3. The summed E-state index contributed by atoms with van der Waals surface area (Å²) in [6.45, 7) is 1.12. The highest BCUT2D eigenvalue weighted by Crippen LogP contribution is 2.40. The minimum Gasteiger partial charge on any atom is -0.346 e. The average molecular weight is 350 g/mol. The second-order valence-electron chi connectivity index (χ2n) is 7.00. The van der Waals surface area contributed by atoms with Gasteiger partial charge in [-0.05, 0) is 31.7 Å². The van der Waals surface area contributed by atoms with Crippen LogP contribution in [0.25, 0.3) is 0 Å². The summed E-state index contributed by atoms with van der Waals surface area (Å²) >= 11 is 0. The second kappa shape index (κ2) is 6.24. The van der Waals surface area contributed by atoms with E-state index in [2.05, 4.69) is 0 Å². The fraction of sp³-hybridized carbons (Fsp3) is 0.611. The predicted molar refractivity (Wildman–Crippen MR) is 88.5 cm³/mol. The van der Waals surface area contributed by atoms with E-state index in [0.29, 0.717) is 44.5 Å². The highest BCUT2D eigenvalue weighted by atomic mass is 32.2. The van der Waals surface area contributed by atoms with Gasteiger partial charge < -0.3 is 9.47 Å². The molecule has 4 rings (SSSR count). The van der Waals surface area contributed by atoms with Crippen molar-refractivity contribution >= 4 is 15.6 Å². The summed E-state index contributed by atoms with van der Waals surface area (Å²) in [7, 11) is -3.03. The molecule has 3 aliphatic rings. The number of Topliss-reactive ketones (excluding diaryl/α,β-unsaturated/α-hetero) is 1. The van der Waals surface area contributed by atoms with E-state index in [1.54, 1.807) is 6.07 Å². The van der Waals surface area contributed by atoms with Crippen molar-refractivity contribution in [2.45, 2.75) is 48.9 Å². The molecule has 130 valence electrons. The highest BCUT2D eigenvalue weighted by Gasteiger charge is 2.46. The van der Waals surface area contributed by atoms with Crippen molar-refractivity contribution in [3.05, 3.63) is 35.4 Å². The maximum atomic E-state index is 12.9. The molecule has 3 fully saturated rings. The van der Waals surface area contributed by atoms with Crippen LogP contribution >= 0.6 is 0 Å². The molecular weight excluding hydrogens is 328 g/mol. The largest absolute Gasteiger partial charge is 0.346 e. The molecular formula is C18H22O5S. The van der Waals surface area contributed by atoms with Gasteiger partial charge >= 0.3 is 0 Å². The number of hydrogen-bond donors (Lipinski definition) is 0. The van der Waals surface area contributed by atoms with Gasteiger partial charge in [-0.2, -0.15) is 0 Å². The van der Waals surface area contributed by atoms with Crippen molar-refractivity contribution in [3.63, 3.8) is 0 Å². The number of sulfone groups is 1. The van der Waals surface area contributed by atoms with E-state index < -0.39 is 16.1 Å². The molecule has 0 radical (unpaired) electrons. The summed E-state index contributed by atoms with van der Waals surface area (Å²) in [6.07, 6.45) is 2.90. The van der Waals surface area contributed by atoms with Crippen molar-refractivity contribution in [2.24, 2.45) is 5.92 Å². The van der Waals surface area contributed by atoms with Crippen LogP contribution in [-0.4, -0.2) is 37.9 Å². The third-order valence-corrected chi connectivity index (χ3v) is 8.23. The second-order valence-corrected chi connectivity index (χ2v) is 9.51. The molecule has 0 amide bonds. The van der Waals surface area contributed by atoms with Crippen molar-refractivity contribution in [3.8, 4) is 0 Å². The van der Waals surface area contributed by atoms with Crippen molar-refractivity contribution in [2.75, 3.05) is 13.2 Å². The number of benzene rings is 1. The fourth-order valence-corrected chi connectivity index (χ4v) is 6.78. The minimum absolute atomic E-state index is 0.0571. The van der Waals surface area contributed by atoms with Gasteiger partial charge in [0.05, 0.1) is 23.7 Å². The summed E-state index contributed by atoms with van der Waals surface area (Å²) in [5, 5.41) is -0.660. The number of rotatable bonds is 3. The lowest BCUT2D eigenvalue weighted by Crippen LogP contribution is -2.45. The molecule has 5 nitrogen and oxygen atoms in total. The normalized spacial score (nSPS) is 32.6. The Kier molecular flexibility index (Phi) is 4.22. The Morgan fingerprint density at radius 2 is 1.71 bits per heavy atom. The molecule has 3 saturated heterocycles. The molecule has 0 aliphatic carbocycles. The third-order valence-electron chi connectivity index (χ3n) is 5.51. The van der Waals surface area contributed by atoms with E-state index >= 15 is 0 Å². The van der Waals surface area contributed by atoms with Crippen LogP contribution < -0.4 is 0 Å². The highest BCUT2D eigenvalue weighted by molar-refractivity contribution is 7.92. The zero-order valence-electron chi connectivity index (χ0n) is 13.5. The predicted octanol–water partition coefficient (Wildman–Crippen LogP) is 2.66. The maximum absolute atomic E-state index is 12.9. The van der Waals surface area contributed by atoms with Crippen LogP contribution in [0.1, 0.15) is 54.3 Å². The quantitative estimate of drug-likeness (QED) is 0.784. The average Bonchev–Trinajstić information content (AvgIpc) is 3.08. The Balaban J connectivity index is 1.55. The van der Waals surface area contributed by atoms with Crippen molar-refractivity contribution in [1.82, 2.24) is 0 Å². The molecule has 6 heteroatoms. The number of ketones is 1. The molecule has 0 spiro atoms. The standard InChI is InChI=1S/C18H22O5S/c19-17(12-3-1-4-13(9-12)18-22-7-8-23-18)14-10-15-5-2-6-16(11-14)24(15,20)21/h1,3-4,9,14-16,18H,2,5-8,10-11H2. The van der Waals surface area contributed by atoms with Gasteiger partial charge in [-0.3, -0.25) is 4.79 Å². The topological polar surface area (TPSA) is 69.7 Å².